The second-order valence-corrected chi connectivity index (χ2v) is 7.72. The third-order valence-corrected chi connectivity index (χ3v) is 5.24. The van der Waals surface area contributed by atoms with Gasteiger partial charge in [0.2, 0.25) is 10.0 Å². The van der Waals surface area contributed by atoms with Crippen LogP contribution >= 0.6 is 0 Å². The largest absolute Gasteiger partial charge is 0.325 e. The first-order valence-corrected chi connectivity index (χ1v) is 9.02. The fourth-order valence-corrected chi connectivity index (χ4v) is 3.64. The average Bonchev–Trinajstić information content (AvgIpc) is 2.35. The van der Waals surface area contributed by atoms with Gasteiger partial charge in [-0.05, 0) is 31.2 Å². The number of hydrogen-bond acceptors (Lipinski definition) is 6. The molecular weight excluding hydrogens is 348 g/mol. The van der Waals surface area contributed by atoms with Crippen molar-refractivity contribution in [2.45, 2.75) is 16.7 Å². The van der Waals surface area contributed by atoms with Gasteiger partial charge in [-0.3, -0.25) is 14.5 Å². The number of benzene rings is 1. The third-order valence-electron chi connectivity index (χ3n) is 2.78. The Morgan fingerprint density at radius 1 is 1.00 bits per heavy atom. The van der Waals surface area contributed by atoms with Gasteiger partial charge in [0.15, 0.2) is 4.90 Å². The fraction of sp³-hybridized carbons (Fsp3) is 0.0909. The van der Waals surface area contributed by atoms with Gasteiger partial charge in [-0.15, -0.1) is 0 Å². The smallest absolute Gasteiger partial charge is 0.310 e. The van der Waals surface area contributed by atoms with Crippen molar-refractivity contribution >= 4 is 25.7 Å². The summed E-state index contributed by atoms with van der Waals surface area (Å²) in [5.74, 6) is 0. The molecule has 0 bridgehead atoms. The molecule has 10 nitrogen and oxygen atoms in total. The molecule has 2 aromatic rings. The van der Waals surface area contributed by atoms with Crippen LogP contribution in [0.1, 0.15) is 5.69 Å². The molecule has 1 heterocycles. The van der Waals surface area contributed by atoms with E-state index in [1.165, 1.54) is 19.1 Å². The van der Waals surface area contributed by atoms with Crippen molar-refractivity contribution in [3.8, 4) is 0 Å². The number of primary sulfonamides is 1. The minimum absolute atomic E-state index is 0.0161. The van der Waals surface area contributed by atoms with E-state index in [0.29, 0.717) is 0 Å². The third kappa shape index (κ3) is 3.67. The predicted molar refractivity (Wildman–Crippen MR) is 81.0 cm³/mol. The molecule has 0 spiro atoms. The molecule has 124 valence electrons. The number of nitrogens with one attached hydrogen (secondary N) is 3. The molecule has 0 aliphatic rings. The number of nitrogens with two attached hydrogens (primary N) is 1. The summed E-state index contributed by atoms with van der Waals surface area (Å²) >= 11 is 0. The Bertz CT molecular complexity index is 1060. The zero-order chi connectivity index (χ0) is 17.4. The zero-order valence-corrected chi connectivity index (χ0v) is 13.3. The van der Waals surface area contributed by atoms with Gasteiger partial charge in [-0.2, -0.15) is 0 Å². The van der Waals surface area contributed by atoms with E-state index in [4.69, 9.17) is 5.14 Å². The van der Waals surface area contributed by atoms with Crippen LogP contribution in [0.4, 0.5) is 5.69 Å². The fourth-order valence-electron chi connectivity index (χ4n) is 1.83. The SMILES string of the molecule is Cc1[nH]c(=O)[nH]c(=O)c1S(=O)(=O)Nc1ccc(S(N)(=O)=O)cc1. The molecule has 0 saturated heterocycles. The van der Waals surface area contributed by atoms with E-state index in [2.05, 4.69) is 9.71 Å². The van der Waals surface area contributed by atoms with Crippen LogP contribution in [0.15, 0.2) is 43.6 Å². The van der Waals surface area contributed by atoms with Crippen LogP contribution in [0.25, 0.3) is 0 Å². The van der Waals surface area contributed by atoms with E-state index >= 15 is 0 Å². The Morgan fingerprint density at radius 2 is 1.57 bits per heavy atom. The maximum absolute atomic E-state index is 12.2. The first-order chi connectivity index (χ1) is 10.5. The number of rotatable bonds is 4. The highest BCUT2D eigenvalue weighted by molar-refractivity contribution is 7.92. The van der Waals surface area contributed by atoms with E-state index in [0.717, 1.165) is 12.1 Å². The number of aromatic nitrogens is 2. The maximum atomic E-state index is 12.2. The topological polar surface area (TPSA) is 172 Å². The van der Waals surface area contributed by atoms with Gasteiger partial charge in [0.1, 0.15) is 0 Å². The van der Waals surface area contributed by atoms with Crippen molar-refractivity contribution in [1.82, 2.24) is 9.97 Å². The van der Waals surface area contributed by atoms with Crippen molar-refractivity contribution in [3.05, 3.63) is 50.8 Å². The number of hydrogen-bond donors (Lipinski definition) is 4. The van der Waals surface area contributed by atoms with E-state index < -0.39 is 36.2 Å². The summed E-state index contributed by atoms with van der Waals surface area (Å²) in [6.07, 6.45) is 0. The molecule has 2 rings (SSSR count). The second kappa shape index (κ2) is 5.64. The Balaban J connectivity index is 2.44. The number of aromatic amines is 2. The Hall–Kier alpha value is -2.44. The molecule has 0 saturated carbocycles. The van der Waals surface area contributed by atoms with Gasteiger partial charge in [-0.25, -0.2) is 26.8 Å². The number of aryl methyl sites for hydroxylation is 1. The predicted octanol–water partition coefficient (Wildman–Crippen LogP) is -1.18. The molecule has 0 amide bonds. The quantitative estimate of drug-likeness (QED) is 0.534. The van der Waals surface area contributed by atoms with Crippen molar-refractivity contribution in [2.24, 2.45) is 5.14 Å². The van der Waals surface area contributed by atoms with Crippen molar-refractivity contribution in [3.63, 3.8) is 0 Å². The zero-order valence-electron chi connectivity index (χ0n) is 11.7. The van der Waals surface area contributed by atoms with E-state index in [-0.39, 0.29) is 16.3 Å². The van der Waals surface area contributed by atoms with Crippen LogP contribution in [0.5, 0.6) is 0 Å². The molecule has 0 aliphatic carbocycles. The Kier molecular flexibility index (Phi) is 4.15. The normalized spacial score (nSPS) is 12.1. The lowest BCUT2D eigenvalue weighted by molar-refractivity contribution is 0.596. The Labute approximate surface area is 130 Å². The van der Waals surface area contributed by atoms with Gasteiger partial charge < -0.3 is 4.98 Å². The summed E-state index contributed by atoms with van der Waals surface area (Å²) < 4.78 is 48.9. The molecule has 1 aromatic heterocycles. The molecule has 5 N–H and O–H groups in total. The highest BCUT2D eigenvalue weighted by atomic mass is 32.2. The van der Waals surface area contributed by atoms with E-state index in [9.17, 15) is 26.4 Å². The molecule has 0 unspecified atom stereocenters. The lowest BCUT2D eigenvalue weighted by atomic mass is 10.3. The number of sulfonamides is 2. The van der Waals surface area contributed by atoms with Gasteiger partial charge in [-0.1, -0.05) is 0 Å². The summed E-state index contributed by atoms with van der Waals surface area (Å²) in [5, 5.41) is 4.93. The minimum atomic E-state index is -4.28. The summed E-state index contributed by atoms with van der Waals surface area (Å²) in [6.45, 7) is 1.26. The molecule has 0 radical (unpaired) electrons. The number of H-pyrrole nitrogens is 2. The maximum Gasteiger partial charge on any atom is 0.325 e. The van der Waals surface area contributed by atoms with E-state index in [1.54, 1.807) is 0 Å². The number of anilines is 1. The monoisotopic (exact) mass is 360 g/mol. The van der Waals surface area contributed by atoms with Crippen LogP contribution in [0.2, 0.25) is 0 Å². The highest BCUT2D eigenvalue weighted by Crippen LogP contribution is 2.17. The van der Waals surface area contributed by atoms with Gasteiger partial charge in [0.25, 0.3) is 15.6 Å². The highest BCUT2D eigenvalue weighted by Gasteiger charge is 2.22. The summed E-state index contributed by atoms with van der Waals surface area (Å²) in [7, 11) is -8.19. The average molecular weight is 360 g/mol. The van der Waals surface area contributed by atoms with Crippen LogP contribution < -0.4 is 21.1 Å². The van der Waals surface area contributed by atoms with Crippen molar-refractivity contribution in [2.75, 3.05) is 4.72 Å². The molecule has 0 fully saturated rings. The van der Waals surface area contributed by atoms with E-state index in [1.807, 2.05) is 4.98 Å². The van der Waals surface area contributed by atoms with Gasteiger partial charge in [0, 0.05) is 11.4 Å². The summed E-state index contributed by atoms with van der Waals surface area (Å²) in [5.41, 5.74) is -2.02. The first-order valence-electron chi connectivity index (χ1n) is 5.99. The molecular formula is C11H12N4O6S2. The molecule has 0 atom stereocenters. The lowest BCUT2D eigenvalue weighted by Gasteiger charge is -2.09. The molecule has 0 aliphatic heterocycles. The second-order valence-electron chi connectivity index (χ2n) is 4.54. The lowest BCUT2D eigenvalue weighted by Crippen LogP contribution is -2.31. The van der Waals surface area contributed by atoms with Crippen LogP contribution in [-0.4, -0.2) is 26.8 Å². The summed E-state index contributed by atoms with van der Waals surface area (Å²) in [6, 6.07) is 4.56. The van der Waals surface area contributed by atoms with Gasteiger partial charge in [0.05, 0.1) is 4.90 Å². The first kappa shape index (κ1) is 16.9. The van der Waals surface area contributed by atoms with Crippen LogP contribution in [-0.2, 0) is 20.0 Å². The summed E-state index contributed by atoms with van der Waals surface area (Å²) in [4.78, 5) is 25.9. The molecule has 23 heavy (non-hydrogen) atoms. The standard InChI is InChI=1S/C11H12N4O6S2/c1-6-9(10(16)14-11(17)13-6)23(20,21)15-7-2-4-8(5-3-7)22(12,18)19/h2-5,15H,1H3,(H2,12,18,19)(H2,13,14,16,17). The van der Waals surface area contributed by atoms with Crippen LogP contribution in [0, 0.1) is 6.92 Å². The van der Waals surface area contributed by atoms with Crippen LogP contribution in [0.3, 0.4) is 0 Å². The van der Waals surface area contributed by atoms with Gasteiger partial charge >= 0.3 is 5.69 Å². The Morgan fingerprint density at radius 3 is 2.04 bits per heavy atom. The molecule has 12 heteroatoms. The van der Waals surface area contributed by atoms with Crippen molar-refractivity contribution < 1.29 is 16.8 Å². The minimum Gasteiger partial charge on any atom is -0.310 e. The van der Waals surface area contributed by atoms with Crippen molar-refractivity contribution in [1.29, 1.82) is 0 Å². The molecule has 1 aromatic carbocycles.